The van der Waals surface area contributed by atoms with Gasteiger partial charge in [-0.3, -0.25) is 0 Å². The number of aliphatic hydroxyl groups excluding tert-OH is 1. The van der Waals surface area contributed by atoms with Crippen molar-refractivity contribution in [2.24, 2.45) is 5.92 Å². The smallest absolute Gasteiger partial charge is 0.0830 e. The molecule has 0 amide bonds. The second-order valence-electron chi connectivity index (χ2n) is 6.48. The van der Waals surface area contributed by atoms with Crippen LogP contribution in [0.3, 0.4) is 0 Å². The average Bonchev–Trinajstić information content (AvgIpc) is 2.43. The lowest BCUT2D eigenvalue weighted by molar-refractivity contribution is 0.178. The third-order valence-corrected chi connectivity index (χ3v) is 4.01. The minimum Gasteiger partial charge on any atom is -0.388 e. The first-order chi connectivity index (χ1) is 9.95. The van der Waals surface area contributed by atoms with Crippen LogP contribution in [0.5, 0.6) is 0 Å². The van der Waals surface area contributed by atoms with E-state index in [2.05, 4.69) is 70.2 Å². The molecule has 2 aromatic carbocycles. The number of benzene rings is 2. The van der Waals surface area contributed by atoms with Gasteiger partial charge in [0.15, 0.2) is 0 Å². The quantitative estimate of drug-likeness (QED) is 0.837. The zero-order chi connectivity index (χ0) is 15.4. The molecule has 0 fully saturated rings. The summed E-state index contributed by atoms with van der Waals surface area (Å²) in [5, 5.41) is 10.4. The number of aryl methyl sites for hydroxylation is 2. The molecule has 1 N–H and O–H groups in total. The van der Waals surface area contributed by atoms with E-state index < -0.39 is 6.10 Å². The van der Waals surface area contributed by atoms with Crippen molar-refractivity contribution in [2.75, 3.05) is 0 Å². The van der Waals surface area contributed by atoms with Gasteiger partial charge in [-0.2, -0.15) is 0 Å². The molecule has 0 heterocycles. The van der Waals surface area contributed by atoms with Crippen LogP contribution in [-0.2, 0) is 12.8 Å². The van der Waals surface area contributed by atoms with Crippen LogP contribution in [-0.4, -0.2) is 5.11 Å². The number of aliphatic hydroxyl groups is 1. The topological polar surface area (TPSA) is 20.2 Å². The average molecular weight is 282 g/mol. The van der Waals surface area contributed by atoms with Gasteiger partial charge in [0.2, 0.25) is 0 Å². The largest absolute Gasteiger partial charge is 0.388 e. The van der Waals surface area contributed by atoms with E-state index in [1.54, 1.807) is 0 Å². The lowest BCUT2D eigenvalue weighted by Crippen LogP contribution is -2.03. The second-order valence-corrected chi connectivity index (χ2v) is 6.48. The summed E-state index contributed by atoms with van der Waals surface area (Å²) in [5.74, 6) is 0.663. The molecule has 1 unspecified atom stereocenters. The van der Waals surface area contributed by atoms with E-state index in [-0.39, 0.29) is 0 Å². The molecule has 0 aliphatic carbocycles. The standard InChI is InChI=1S/C20H26O/c1-14(2)11-17-7-9-19(10-8-17)20(21)13-18-6-5-15(3)16(4)12-18/h5-10,12,14,20-21H,11,13H2,1-4H3. The molecule has 1 nitrogen and oxygen atoms in total. The Labute approximate surface area is 128 Å². The van der Waals surface area contributed by atoms with Crippen molar-refractivity contribution in [3.63, 3.8) is 0 Å². The number of rotatable bonds is 5. The summed E-state index contributed by atoms with van der Waals surface area (Å²) in [4.78, 5) is 0. The molecule has 0 spiro atoms. The summed E-state index contributed by atoms with van der Waals surface area (Å²) in [6.07, 6.45) is 1.33. The summed E-state index contributed by atoms with van der Waals surface area (Å²) in [7, 11) is 0. The van der Waals surface area contributed by atoms with Crippen LogP contribution in [0.25, 0.3) is 0 Å². The van der Waals surface area contributed by atoms with E-state index in [9.17, 15) is 5.11 Å². The highest BCUT2D eigenvalue weighted by Gasteiger charge is 2.09. The first kappa shape index (κ1) is 15.8. The molecule has 0 aliphatic heterocycles. The molecule has 2 aromatic rings. The van der Waals surface area contributed by atoms with Gasteiger partial charge in [-0.15, -0.1) is 0 Å². The van der Waals surface area contributed by atoms with Crippen molar-refractivity contribution in [3.8, 4) is 0 Å². The van der Waals surface area contributed by atoms with Crippen molar-refractivity contribution < 1.29 is 5.11 Å². The van der Waals surface area contributed by atoms with Crippen LogP contribution in [0.15, 0.2) is 42.5 Å². The van der Waals surface area contributed by atoms with Crippen molar-refractivity contribution >= 4 is 0 Å². The summed E-state index contributed by atoms with van der Waals surface area (Å²) >= 11 is 0. The highest BCUT2D eigenvalue weighted by molar-refractivity contribution is 5.32. The Morgan fingerprint density at radius 2 is 1.43 bits per heavy atom. The normalized spacial score (nSPS) is 12.7. The van der Waals surface area contributed by atoms with Gasteiger partial charge < -0.3 is 5.11 Å². The highest BCUT2D eigenvalue weighted by atomic mass is 16.3. The molecule has 0 aliphatic rings. The maximum atomic E-state index is 10.4. The van der Waals surface area contributed by atoms with Crippen LogP contribution >= 0.6 is 0 Å². The summed E-state index contributed by atoms with van der Waals surface area (Å²) < 4.78 is 0. The minimum absolute atomic E-state index is 0.430. The fourth-order valence-corrected chi connectivity index (χ4v) is 2.62. The molecular weight excluding hydrogens is 256 g/mol. The summed E-state index contributed by atoms with van der Waals surface area (Å²) in [6.45, 7) is 8.68. The van der Waals surface area contributed by atoms with Crippen LogP contribution in [0.4, 0.5) is 0 Å². The van der Waals surface area contributed by atoms with Crippen LogP contribution in [0.1, 0.15) is 47.8 Å². The molecule has 0 bridgehead atoms. The van der Waals surface area contributed by atoms with E-state index in [1.807, 2.05) is 0 Å². The lowest BCUT2D eigenvalue weighted by Gasteiger charge is -2.13. The molecule has 2 rings (SSSR count). The molecule has 0 radical (unpaired) electrons. The van der Waals surface area contributed by atoms with Gasteiger partial charge in [0.1, 0.15) is 0 Å². The Kier molecular flexibility index (Phi) is 5.19. The van der Waals surface area contributed by atoms with Crippen LogP contribution in [0, 0.1) is 19.8 Å². The summed E-state index contributed by atoms with van der Waals surface area (Å²) in [5.41, 5.74) is 6.11. The minimum atomic E-state index is -0.430. The molecule has 0 saturated heterocycles. The van der Waals surface area contributed by atoms with Gasteiger partial charge in [0.05, 0.1) is 6.10 Å². The first-order valence-electron chi connectivity index (χ1n) is 7.78. The lowest BCUT2D eigenvalue weighted by atomic mass is 9.96. The molecule has 0 aromatic heterocycles. The maximum absolute atomic E-state index is 10.4. The monoisotopic (exact) mass is 282 g/mol. The van der Waals surface area contributed by atoms with E-state index in [1.165, 1.54) is 22.3 Å². The van der Waals surface area contributed by atoms with Crippen molar-refractivity contribution in [2.45, 2.75) is 46.6 Å². The van der Waals surface area contributed by atoms with Gasteiger partial charge in [-0.1, -0.05) is 56.3 Å². The molecular formula is C20H26O. The molecule has 0 saturated carbocycles. The SMILES string of the molecule is Cc1ccc(CC(O)c2ccc(CC(C)C)cc2)cc1C. The van der Waals surface area contributed by atoms with Gasteiger partial charge in [-0.05, 0) is 54.0 Å². The third kappa shape index (κ3) is 4.44. The fraction of sp³-hybridized carbons (Fsp3) is 0.400. The zero-order valence-electron chi connectivity index (χ0n) is 13.6. The molecule has 21 heavy (non-hydrogen) atoms. The van der Waals surface area contributed by atoms with E-state index in [0.717, 1.165) is 12.0 Å². The van der Waals surface area contributed by atoms with E-state index in [4.69, 9.17) is 0 Å². The van der Waals surface area contributed by atoms with Gasteiger partial charge in [0.25, 0.3) is 0 Å². The van der Waals surface area contributed by atoms with Gasteiger partial charge in [0, 0.05) is 6.42 Å². The predicted molar refractivity (Wildman–Crippen MR) is 89.6 cm³/mol. The summed E-state index contributed by atoms with van der Waals surface area (Å²) in [6, 6.07) is 14.8. The number of hydrogen-bond donors (Lipinski definition) is 1. The zero-order valence-corrected chi connectivity index (χ0v) is 13.6. The second kappa shape index (κ2) is 6.91. The van der Waals surface area contributed by atoms with Crippen molar-refractivity contribution in [1.29, 1.82) is 0 Å². The Hall–Kier alpha value is -1.60. The fourth-order valence-electron chi connectivity index (χ4n) is 2.62. The van der Waals surface area contributed by atoms with Gasteiger partial charge >= 0.3 is 0 Å². The molecule has 1 atom stereocenters. The third-order valence-electron chi connectivity index (χ3n) is 4.01. The van der Waals surface area contributed by atoms with Crippen molar-refractivity contribution in [3.05, 3.63) is 70.3 Å². The van der Waals surface area contributed by atoms with Crippen LogP contribution < -0.4 is 0 Å². The van der Waals surface area contributed by atoms with Crippen molar-refractivity contribution in [1.82, 2.24) is 0 Å². The first-order valence-corrected chi connectivity index (χ1v) is 7.78. The Morgan fingerprint density at radius 3 is 2.00 bits per heavy atom. The Morgan fingerprint density at radius 1 is 0.810 bits per heavy atom. The van der Waals surface area contributed by atoms with Gasteiger partial charge in [-0.25, -0.2) is 0 Å². The molecule has 112 valence electrons. The maximum Gasteiger partial charge on any atom is 0.0830 e. The Balaban J connectivity index is 2.05. The predicted octanol–water partition coefficient (Wildman–Crippen LogP) is 4.78. The Bertz CT molecular complexity index is 581. The molecule has 1 heteroatoms. The van der Waals surface area contributed by atoms with E-state index >= 15 is 0 Å². The highest BCUT2D eigenvalue weighted by Crippen LogP contribution is 2.21. The number of hydrogen-bond acceptors (Lipinski definition) is 1. The van der Waals surface area contributed by atoms with E-state index in [0.29, 0.717) is 12.3 Å². The van der Waals surface area contributed by atoms with Crippen LogP contribution in [0.2, 0.25) is 0 Å².